The van der Waals surface area contributed by atoms with E-state index in [1.807, 2.05) is 37.3 Å². The lowest BCUT2D eigenvalue weighted by molar-refractivity contribution is 0.128. The van der Waals surface area contributed by atoms with E-state index in [0.717, 1.165) is 5.56 Å². The van der Waals surface area contributed by atoms with Crippen molar-refractivity contribution in [3.8, 4) is 0 Å². The maximum absolute atomic E-state index is 13.9. The van der Waals surface area contributed by atoms with Crippen molar-refractivity contribution >= 4 is 6.09 Å². The Balaban J connectivity index is 1.77. The number of hydrogen-bond acceptors (Lipinski definition) is 3. The fourth-order valence-corrected chi connectivity index (χ4v) is 2.43. The summed E-state index contributed by atoms with van der Waals surface area (Å²) in [5, 5.41) is 5.77. The Bertz CT molecular complexity index is 441. The van der Waals surface area contributed by atoms with Crippen LogP contribution in [0.5, 0.6) is 0 Å². The van der Waals surface area contributed by atoms with Crippen LogP contribution in [0.4, 0.5) is 9.18 Å². The molecule has 1 aromatic rings. The Labute approximate surface area is 118 Å². The molecule has 4 nitrogen and oxygen atoms in total. The number of alkyl carbamates (subject to hydrolysis) is 1. The molecular weight excluding hydrogens is 259 g/mol. The van der Waals surface area contributed by atoms with E-state index in [4.69, 9.17) is 4.74 Å². The van der Waals surface area contributed by atoms with Crippen molar-refractivity contribution in [3.63, 3.8) is 0 Å². The number of carbonyl (C=O) groups is 1. The van der Waals surface area contributed by atoms with Crippen LogP contribution in [0.25, 0.3) is 0 Å². The van der Waals surface area contributed by atoms with E-state index in [9.17, 15) is 9.18 Å². The number of benzene rings is 1. The van der Waals surface area contributed by atoms with Crippen LogP contribution in [0.3, 0.4) is 0 Å². The molecule has 2 N–H and O–H groups in total. The van der Waals surface area contributed by atoms with Gasteiger partial charge in [0.2, 0.25) is 0 Å². The van der Waals surface area contributed by atoms with Gasteiger partial charge < -0.3 is 15.4 Å². The molecular formula is C15H21FN2O2. The number of amides is 1. The Hall–Kier alpha value is -1.62. The quantitative estimate of drug-likeness (QED) is 0.889. The van der Waals surface area contributed by atoms with Crippen LogP contribution in [-0.2, 0) is 11.3 Å². The second-order valence-corrected chi connectivity index (χ2v) is 5.30. The van der Waals surface area contributed by atoms with Crippen molar-refractivity contribution in [2.75, 3.05) is 6.54 Å². The molecule has 1 aliphatic heterocycles. The van der Waals surface area contributed by atoms with E-state index in [2.05, 4.69) is 10.6 Å². The predicted molar refractivity (Wildman–Crippen MR) is 75.1 cm³/mol. The minimum Gasteiger partial charge on any atom is -0.445 e. The van der Waals surface area contributed by atoms with E-state index in [1.165, 1.54) is 0 Å². The summed E-state index contributed by atoms with van der Waals surface area (Å²) in [6.07, 6.45) is -1.45. The lowest BCUT2D eigenvalue weighted by atomic mass is 9.96. The van der Waals surface area contributed by atoms with Gasteiger partial charge in [0.25, 0.3) is 0 Å². The summed E-state index contributed by atoms with van der Waals surface area (Å²) in [6, 6.07) is 9.03. The average Bonchev–Trinajstić information content (AvgIpc) is 2.78. The maximum Gasteiger partial charge on any atom is 0.407 e. The average molecular weight is 280 g/mol. The zero-order chi connectivity index (χ0) is 14.5. The van der Waals surface area contributed by atoms with Gasteiger partial charge in [-0.05, 0) is 19.4 Å². The molecule has 4 atom stereocenters. The third kappa shape index (κ3) is 3.70. The second kappa shape index (κ2) is 6.70. The molecule has 1 fully saturated rings. The fraction of sp³-hybridized carbons (Fsp3) is 0.533. The van der Waals surface area contributed by atoms with Crippen molar-refractivity contribution in [2.45, 2.75) is 38.7 Å². The molecule has 0 aromatic heterocycles. The van der Waals surface area contributed by atoms with Gasteiger partial charge in [-0.25, -0.2) is 9.18 Å². The van der Waals surface area contributed by atoms with E-state index in [0.29, 0.717) is 6.54 Å². The Kier molecular flexibility index (Phi) is 4.95. The molecule has 20 heavy (non-hydrogen) atoms. The largest absolute Gasteiger partial charge is 0.445 e. The number of alkyl halides is 1. The smallest absolute Gasteiger partial charge is 0.407 e. The molecule has 0 bridgehead atoms. The second-order valence-electron chi connectivity index (χ2n) is 5.30. The first-order valence-electron chi connectivity index (χ1n) is 6.92. The molecule has 1 unspecified atom stereocenters. The van der Waals surface area contributed by atoms with Crippen LogP contribution < -0.4 is 10.6 Å². The summed E-state index contributed by atoms with van der Waals surface area (Å²) in [7, 11) is 0. The van der Waals surface area contributed by atoms with Crippen LogP contribution in [0, 0.1) is 5.92 Å². The molecule has 2 rings (SSSR count). The Morgan fingerprint density at radius 1 is 1.50 bits per heavy atom. The van der Waals surface area contributed by atoms with Gasteiger partial charge in [-0.3, -0.25) is 0 Å². The highest BCUT2D eigenvalue weighted by molar-refractivity contribution is 5.67. The summed E-state index contributed by atoms with van der Waals surface area (Å²) >= 11 is 0. The number of nitrogens with one attached hydrogen (secondary N) is 2. The molecule has 110 valence electrons. The number of carbonyl (C=O) groups excluding carboxylic acids is 1. The molecule has 0 saturated carbocycles. The van der Waals surface area contributed by atoms with Crippen molar-refractivity contribution < 1.29 is 13.9 Å². The van der Waals surface area contributed by atoms with E-state index in [1.54, 1.807) is 6.92 Å². The summed E-state index contributed by atoms with van der Waals surface area (Å²) in [5.41, 5.74) is 0.926. The van der Waals surface area contributed by atoms with Crippen LogP contribution in [0.2, 0.25) is 0 Å². The van der Waals surface area contributed by atoms with Crippen molar-refractivity contribution in [1.82, 2.24) is 10.6 Å². The molecule has 5 heteroatoms. The van der Waals surface area contributed by atoms with Crippen LogP contribution >= 0.6 is 0 Å². The highest BCUT2D eigenvalue weighted by Crippen LogP contribution is 2.21. The van der Waals surface area contributed by atoms with Crippen LogP contribution in [0.15, 0.2) is 30.3 Å². The number of halogens is 1. The standard InChI is InChI=1S/C15H21FN2O2/c1-10(13-8-17-11(2)14(13)16)18-15(19)20-9-12-6-4-3-5-7-12/h3-7,10-11,13-14,17H,8-9H2,1-2H3,(H,18,19)/t10-,11+,13?,14-/m1/s1. The van der Waals surface area contributed by atoms with Gasteiger partial charge in [-0.15, -0.1) is 0 Å². The predicted octanol–water partition coefficient (Wildman–Crippen LogP) is 2.25. The first-order valence-corrected chi connectivity index (χ1v) is 6.92. The van der Waals surface area contributed by atoms with Crippen molar-refractivity contribution in [3.05, 3.63) is 35.9 Å². The van der Waals surface area contributed by atoms with Gasteiger partial charge in [-0.2, -0.15) is 0 Å². The first kappa shape index (κ1) is 14.8. The number of hydrogen-bond donors (Lipinski definition) is 2. The fourth-order valence-electron chi connectivity index (χ4n) is 2.43. The Morgan fingerprint density at radius 2 is 2.20 bits per heavy atom. The minimum atomic E-state index is -0.945. The summed E-state index contributed by atoms with van der Waals surface area (Å²) < 4.78 is 19.0. The molecule has 1 saturated heterocycles. The SMILES string of the molecule is C[C@@H]1NCC([C@@H](C)NC(=O)OCc2ccccc2)[C@@H]1F. The lowest BCUT2D eigenvalue weighted by Gasteiger charge is -2.22. The number of rotatable bonds is 4. The Morgan fingerprint density at radius 3 is 2.80 bits per heavy atom. The highest BCUT2D eigenvalue weighted by atomic mass is 19.1. The molecule has 1 heterocycles. The summed E-state index contributed by atoms with van der Waals surface area (Å²) in [4.78, 5) is 11.7. The third-order valence-corrected chi connectivity index (χ3v) is 3.76. The van der Waals surface area contributed by atoms with Crippen molar-refractivity contribution in [1.29, 1.82) is 0 Å². The van der Waals surface area contributed by atoms with Gasteiger partial charge >= 0.3 is 6.09 Å². The van der Waals surface area contributed by atoms with Crippen LogP contribution in [0.1, 0.15) is 19.4 Å². The number of ether oxygens (including phenoxy) is 1. The normalized spacial score (nSPS) is 27.1. The molecule has 0 radical (unpaired) electrons. The molecule has 1 aromatic carbocycles. The zero-order valence-electron chi connectivity index (χ0n) is 11.8. The maximum atomic E-state index is 13.9. The monoisotopic (exact) mass is 280 g/mol. The van der Waals surface area contributed by atoms with Gasteiger partial charge in [0.05, 0.1) is 0 Å². The van der Waals surface area contributed by atoms with Crippen LogP contribution in [-0.4, -0.2) is 30.9 Å². The molecule has 1 amide bonds. The van der Waals surface area contributed by atoms with E-state index in [-0.39, 0.29) is 24.6 Å². The van der Waals surface area contributed by atoms with Gasteiger partial charge in [0.1, 0.15) is 12.8 Å². The first-order chi connectivity index (χ1) is 9.58. The zero-order valence-corrected chi connectivity index (χ0v) is 11.8. The minimum absolute atomic E-state index is 0.162. The van der Waals surface area contributed by atoms with Gasteiger partial charge in [0, 0.05) is 24.5 Å². The molecule has 0 aliphatic carbocycles. The van der Waals surface area contributed by atoms with E-state index < -0.39 is 12.3 Å². The summed E-state index contributed by atoms with van der Waals surface area (Å²) in [6.45, 7) is 4.41. The molecule has 1 aliphatic rings. The summed E-state index contributed by atoms with van der Waals surface area (Å²) in [5.74, 6) is -0.214. The lowest BCUT2D eigenvalue weighted by Crippen LogP contribution is -2.42. The van der Waals surface area contributed by atoms with Gasteiger partial charge in [0.15, 0.2) is 0 Å². The highest BCUT2D eigenvalue weighted by Gasteiger charge is 2.37. The van der Waals surface area contributed by atoms with E-state index >= 15 is 0 Å². The third-order valence-electron chi connectivity index (χ3n) is 3.76. The van der Waals surface area contributed by atoms with Crippen molar-refractivity contribution in [2.24, 2.45) is 5.92 Å². The van der Waals surface area contributed by atoms with Gasteiger partial charge in [-0.1, -0.05) is 30.3 Å². The molecule has 0 spiro atoms. The topological polar surface area (TPSA) is 50.4 Å².